The topological polar surface area (TPSA) is 41.6 Å². The van der Waals surface area contributed by atoms with Crippen LogP contribution in [0.3, 0.4) is 0 Å². The number of H-pyrrole nitrogens is 1. The summed E-state index contributed by atoms with van der Waals surface area (Å²) in [5.74, 6) is 0.856. The lowest BCUT2D eigenvalue weighted by Gasteiger charge is -1.85. The second-order valence-electron chi connectivity index (χ2n) is 3.38. The van der Waals surface area contributed by atoms with Crippen molar-refractivity contribution in [3.63, 3.8) is 0 Å². The number of imidazole rings is 1. The fourth-order valence-corrected chi connectivity index (χ4v) is 2.23. The Morgan fingerprint density at radius 1 is 1.27 bits per heavy atom. The largest absolute Gasteiger partial charge is 0.336 e. The molecule has 0 saturated carbocycles. The summed E-state index contributed by atoms with van der Waals surface area (Å²) >= 11 is 1.65. The van der Waals surface area contributed by atoms with Crippen LogP contribution < -0.4 is 0 Å². The van der Waals surface area contributed by atoms with Crippen LogP contribution in [0, 0.1) is 6.92 Å². The van der Waals surface area contributed by atoms with Crippen LogP contribution in [0.15, 0.2) is 30.5 Å². The third-order valence-electron chi connectivity index (χ3n) is 2.21. The molecule has 0 saturated heterocycles. The van der Waals surface area contributed by atoms with Crippen LogP contribution in [0.5, 0.6) is 0 Å². The molecule has 0 fully saturated rings. The minimum Gasteiger partial charge on any atom is -0.336 e. The number of hydrogen-bond donors (Lipinski definition) is 1. The highest BCUT2D eigenvalue weighted by atomic mass is 32.1. The second kappa shape index (κ2) is 3.17. The molecule has 0 atom stereocenters. The van der Waals surface area contributed by atoms with Crippen molar-refractivity contribution in [1.82, 2.24) is 15.0 Å². The molecule has 15 heavy (non-hydrogen) atoms. The molecule has 0 amide bonds. The molecule has 4 heteroatoms. The normalized spacial score (nSPS) is 11.0. The SMILES string of the molecule is Cc1cnc(-c2nc3ccccc3[nH]2)s1. The Labute approximate surface area is 90.8 Å². The number of thiazole rings is 1. The van der Waals surface area contributed by atoms with Crippen LogP contribution in [0.2, 0.25) is 0 Å². The van der Waals surface area contributed by atoms with E-state index in [1.54, 1.807) is 11.3 Å². The van der Waals surface area contributed by atoms with Crippen LogP contribution in [-0.4, -0.2) is 15.0 Å². The van der Waals surface area contributed by atoms with Crippen molar-refractivity contribution in [2.24, 2.45) is 0 Å². The first kappa shape index (κ1) is 8.61. The highest BCUT2D eigenvalue weighted by Crippen LogP contribution is 2.24. The van der Waals surface area contributed by atoms with Gasteiger partial charge in [0, 0.05) is 11.1 Å². The summed E-state index contributed by atoms with van der Waals surface area (Å²) in [5, 5.41) is 0.948. The lowest BCUT2D eigenvalue weighted by atomic mass is 10.3. The zero-order valence-corrected chi connectivity index (χ0v) is 9.01. The number of nitrogens with zero attached hydrogens (tertiary/aromatic N) is 2. The average molecular weight is 215 g/mol. The number of aromatic nitrogens is 3. The van der Waals surface area contributed by atoms with E-state index in [2.05, 4.69) is 15.0 Å². The predicted octanol–water partition coefficient (Wildman–Crippen LogP) is 2.99. The Morgan fingerprint density at radius 3 is 2.87 bits per heavy atom. The Morgan fingerprint density at radius 2 is 2.13 bits per heavy atom. The first-order chi connectivity index (χ1) is 7.33. The second-order valence-corrected chi connectivity index (χ2v) is 4.61. The van der Waals surface area contributed by atoms with Gasteiger partial charge in [0.2, 0.25) is 0 Å². The molecule has 74 valence electrons. The van der Waals surface area contributed by atoms with Gasteiger partial charge >= 0.3 is 0 Å². The summed E-state index contributed by atoms with van der Waals surface area (Å²) in [4.78, 5) is 13.3. The molecule has 0 aliphatic rings. The number of fused-ring (bicyclic) bond motifs is 1. The number of aryl methyl sites for hydroxylation is 1. The van der Waals surface area contributed by atoms with E-state index in [0.717, 1.165) is 21.9 Å². The molecule has 0 unspecified atom stereocenters. The first-order valence-electron chi connectivity index (χ1n) is 4.70. The van der Waals surface area contributed by atoms with Crippen molar-refractivity contribution >= 4 is 22.4 Å². The monoisotopic (exact) mass is 215 g/mol. The zero-order valence-electron chi connectivity index (χ0n) is 8.19. The number of hydrogen-bond acceptors (Lipinski definition) is 3. The quantitative estimate of drug-likeness (QED) is 0.678. The van der Waals surface area contributed by atoms with Gasteiger partial charge in [0.15, 0.2) is 10.8 Å². The molecule has 0 radical (unpaired) electrons. The Kier molecular flexibility index (Phi) is 1.82. The predicted molar refractivity (Wildman–Crippen MR) is 61.9 cm³/mol. The van der Waals surface area contributed by atoms with Crippen molar-refractivity contribution in [3.05, 3.63) is 35.3 Å². The van der Waals surface area contributed by atoms with E-state index in [4.69, 9.17) is 0 Å². The first-order valence-corrected chi connectivity index (χ1v) is 5.52. The van der Waals surface area contributed by atoms with Crippen LogP contribution >= 0.6 is 11.3 Å². The Bertz CT molecular complexity index is 576. The van der Waals surface area contributed by atoms with E-state index < -0.39 is 0 Å². The maximum atomic E-state index is 4.49. The summed E-state index contributed by atoms with van der Waals surface area (Å²) < 4.78 is 0. The van der Waals surface area contributed by atoms with Crippen LogP contribution in [0.1, 0.15) is 4.88 Å². The minimum absolute atomic E-state index is 0.856. The van der Waals surface area contributed by atoms with E-state index in [0.29, 0.717) is 0 Å². The summed E-state index contributed by atoms with van der Waals surface area (Å²) in [6.07, 6.45) is 1.87. The molecule has 3 aromatic rings. The molecule has 3 nitrogen and oxygen atoms in total. The highest BCUT2D eigenvalue weighted by molar-refractivity contribution is 7.14. The lowest BCUT2D eigenvalue weighted by molar-refractivity contribution is 1.28. The van der Waals surface area contributed by atoms with Gasteiger partial charge in [-0.15, -0.1) is 11.3 Å². The number of benzene rings is 1. The Hall–Kier alpha value is -1.68. The van der Waals surface area contributed by atoms with Crippen molar-refractivity contribution in [1.29, 1.82) is 0 Å². The summed E-state index contributed by atoms with van der Waals surface area (Å²) in [6.45, 7) is 2.05. The molecule has 3 rings (SSSR count). The molecular weight excluding hydrogens is 206 g/mol. The summed E-state index contributed by atoms with van der Waals surface area (Å²) in [6, 6.07) is 8.00. The molecular formula is C11H9N3S. The van der Waals surface area contributed by atoms with Gasteiger partial charge in [0.05, 0.1) is 11.0 Å². The molecule has 1 aromatic carbocycles. The van der Waals surface area contributed by atoms with E-state index in [1.807, 2.05) is 37.4 Å². The minimum atomic E-state index is 0.856. The standard InChI is InChI=1S/C11H9N3S/c1-7-6-12-11(15-7)10-13-8-4-2-3-5-9(8)14-10/h2-6H,1H3,(H,13,14). The van der Waals surface area contributed by atoms with Gasteiger partial charge < -0.3 is 4.98 Å². The number of aromatic amines is 1. The summed E-state index contributed by atoms with van der Waals surface area (Å²) in [7, 11) is 0. The third-order valence-corrected chi connectivity index (χ3v) is 3.13. The fourth-order valence-electron chi connectivity index (χ4n) is 1.52. The highest BCUT2D eigenvalue weighted by Gasteiger charge is 2.07. The number of rotatable bonds is 1. The van der Waals surface area contributed by atoms with Crippen molar-refractivity contribution in [2.75, 3.05) is 0 Å². The van der Waals surface area contributed by atoms with Gasteiger partial charge in [-0.05, 0) is 19.1 Å². The van der Waals surface area contributed by atoms with Gasteiger partial charge in [-0.25, -0.2) is 9.97 Å². The molecule has 0 spiro atoms. The smallest absolute Gasteiger partial charge is 0.167 e. The molecule has 1 N–H and O–H groups in total. The van der Waals surface area contributed by atoms with E-state index >= 15 is 0 Å². The van der Waals surface area contributed by atoms with Crippen molar-refractivity contribution in [3.8, 4) is 10.8 Å². The van der Waals surface area contributed by atoms with E-state index in [9.17, 15) is 0 Å². The van der Waals surface area contributed by atoms with Gasteiger partial charge in [0.1, 0.15) is 0 Å². The fraction of sp³-hybridized carbons (Fsp3) is 0.0909. The maximum absolute atomic E-state index is 4.49. The molecule has 0 aliphatic heterocycles. The molecule has 2 aromatic heterocycles. The summed E-state index contributed by atoms with van der Waals surface area (Å²) in [5.41, 5.74) is 2.04. The third kappa shape index (κ3) is 1.43. The van der Waals surface area contributed by atoms with Crippen LogP contribution in [-0.2, 0) is 0 Å². The average Bonchev–Trinajstić information content (AvgIpc) is 2.82. The van der Waals surface area contributed by atoms with E-state index in [1.165, 1.54) is 4.88 Å². The Balaban J connectivity index is 2.19. The zero-order chi connectivity index (χ0) is 10.3. The van der Waals surface area contributed by atoms with Crippen molar-refractivity contribution < 1.29 is 0 Å². The number of nitrogens with one attached hydrogen (secondary N) is 1. The lowest BCUT2D eigenvalue weighted by Crippen LogP contribution is -1.76. The van der Waals surface area contributed by atoms with Crippen molar-refractivity contribution in [2.45, 2.75) is 6.92 Å². The van der Waals surface area contributed by atoms with Gasteiger partial charge in [-0.1, -0.05) is 12.1 Å². The maximum Gasteiger partial charge on any atom is 0.167 e. The number of para-hydroxylation sites is 2. The van der Waals surface area contributed by atoms with Gasteiger partial charge in [-0.2, -0.15) is 0 Å². The molecule has 2 heterocycles. The van der Waals surface area contributed by atoms with Crippen LogP contribution in [0.4, 0.5) is 0 Å². The van der Waals surface area contributed by atoms with E-state index in [-0.39, 0.29) is 0 Å². The van der Waals surface area contributed by atoms with Gasteiger partial charge in [0.25, 0.3) is 0 Å². The molecule has 0 bridgehead atoms. The van der Waals surface area contributed by atoms with Gasteiger partial charge in [-0.3, -0.25) is 0 Å². The molecule has 0 aliphatic carbocycles. The van der Waals surface area contributed by atoms with Crippen LogP contribution in [0.25, 0.3) is 21.9 Å².